The van der Waals surface area contributed by atoms with Gasteiger partial charge >= 0.3 is 0 Å². The minimum Gasteiger partial charge on any atom is -0.344 e. The van der Waals surface area contributed by atoms with Gasteiger partial charge in [-0.25, -0.2) is 8.42 Å². The Labute approximate surface area is 177 Å². The molecule has 1 fully saturated rings. The zero-order chi connectivity index (χ0) is 21.6. The molecule has 0 aliphatic carbocycles. The van der Waals surface area contributed by atoms with E-state index in [1.807, 2.05) is 35.2 Å². The first kappa shape index (κ1) is 22.4. The summed E-state index contributed by atoms with van der Waals surface area (Å²) in [6.45, 7) is 4.62. The molecule has 2 aromatic rings. The Morgan fingerprint density at radius 2 is 1.67 bits per heavy atom. The van der Waals surface area contributed by atoms with Gasteiger partial charge in [0.25, 0.3) is 15.9 Å². The molecule has 1 aliphatic heterocycles. The highest BCUT2D eigenvalue weighted by molar-refractivity contribution is 7.89. The second-order valence-corrected chi connectivity index (χ2v) is 9.00. The molecule has 1 atom stereocenters. The summed E-state index contributed by atoms with van der Waals surface area (Å²) in [5.41, 5.74) is 1.43. The van der Waals surface area contributed by atoms with Gasteiger partial charge in [-0.05, 0) is 36.9 Å². The largest absolute Gasteiger partial charge is 0.344 e. The lowest BCUT2D eigenvalue weighted by atomic mass is 10.0. The zero-order valence-corrected chi connectivity index (χ0v) is 18.1. The number of likely N-dealkylation sites (N-methyl/N-ethyl adjacent to an activating group) is 1. The number of rotatable bonds is 8. The van der Waals surface area contributed by atoms with Crippen molar-refractivity contribution in [3.8, 4) is 0 Å². The summed E-state index contributed by atoms with van der Waals surface area (Å²) in [6.07, 6.45) is 0. The van der Waals surface area contributed by atoms with Gasteiger partial charge in [0.2, 0.25) is 0 Å². The van der Waals surface area contributed by atoms with Gasteiger partial charge in [-0.3, -0.25) is 14.5 Å². The molecule has 2 aromatic carbocycles. The van der Waals surface area contributed by atoms with E-state index < -0.39 is 10.0 Å². The molecular formula is C21H28N4O4S. The molecule has 3 rings (SSSR count). The normalized spacial score (nSPS) is 16.9. The molecule has 1 saturated heterocycles. The topological polar surface area (TPSA) is 91.0 Å². The fourth-order valence-electron chi connectivity index (χ4n) is 3.39. The molecule has 8 nitrogen and oxygen atoms in total. The van der Waals surface area contributed by atoms with Gasteiger partial charge in [0.1, 0.15) is 0 Å². The first-order chi connectivity index (χ1) is 14.4. The second kappa shape index (κ2) is 10.1. The van der Waals surface area contributed by atoms with Crippen LogP contribution >= 0.6 is 0 Å². The highest BCUT2D eigenvalue weighted by atomic mass is 32.2. The molecule has 0 spiro atoms. The molecule has 1 amide bonds. The minimum atomic E-state index is -3.76. The van der Waals surface area contributed by atoms with Gasteiger partial charge in [-0.2, -0.15) is 0 Å². The van der Waals surface area contributed by atoms with Crippen molar-refractivity contribution in [1.82, 2.24) is 20.0 Å². The molecule has 0 saturated carbocycles. The zero-order valence-electron chi connectivity index (χ0n) is 17.2. The van der Waals surface area contributed by atoms with E-state index in [1.165, 1.54) is 31.4 Å². The van der Waals surface area contributed by atoms with Crippen LogP contribution in [0.25, 0.3) is 0 Å². The second-order valence-electron chi connectivity index (χ2n) is 7.36. The van der Waals surface area contributed by atoms with Crippen molar-refractivity contribution in [2.24, 2.45) is 0 Å². The van der Waals surface area contributed by atoms with Crippen LogP contribution in [0.1, 0.15) is 22.0 Å². The Hall–Kier alpha value is -2.30. The Bertz CT molecular complexity index is 927. The Morgan fingerprint density at radius 3 is 2.27 bits per heavy atom. The van der Waals surface area contributed by atoms with E-state index in [0.29, 0.717) is 12.1 Å². The number of carbonyl (C=O) groups excluding carboxylic acids is 1. The Morgan fingerprint density at radius 1 is 1.03 bits per heavy atom. The van der Waals surface area contributed by atoms with E-state index in [1.54, 1.807) is 0 Å². The highest BCUT2D eigenvalue weighted by Gasteiger charge is 2.22. The Kier molecular flexibility index (Phi) is 7.57. The molecule has 1 unspecified atom stereocenters. The van der Waals surface area contributed by atoms with Crippen LogP contribution in [0, 0.1) is 0 Å². The number of benzene rings is 2. The van der Waals surface area contributed by atoms with Crippen molar-refractivity contribution in [1.29, 1.82) is 0 Å². The SMILES string of the molecule is CONS(=O)(=O)c1ccc(C(=O)NC(CN2CCN(C)CC2)c2ccccc2)cc1. The van der Waals surface area contributed by atoms with Gasteiger partial charge < -0.3 is 10.2 Å². The number of nitrogens with zero attached hydrogens (tertiary/aromatic N) is 2. The summed E-state index contributed by atoms with van der Waals surface area (Å²) in [5.74, 6) is -0.248. The monoisotopic (exact) mass is 432 g/mol. The predicted molar refractivity (Wildman–Crippen MR) is 114 cm³/mol. The molecule has 0 bridgehead atoms. The van der Waals surface area contributed by atoms with Crippen molar-refractivity contribution < 1.29 is 18.0 Å². The van der Waals surface area contributed by atoms with E-state index in [0.717, 1.165) is 31.7 Å². The third-order valence-electron chi connectivity index (χ3n) is 5.16. The number of hydrogen-bond acceptors (Lipinski definition) is 6. The predicted octanol–water partition coefficient (Wildman–Crippen LogP) is 1.24. The number of carbonyl (C=O) groups is 1. The van der Waals surface area contributed by atoms with Crippen LogP contribution in [0.2, 0.25) is 0 Å². The maximum Gasteiger partial charge on any atom is 0.262 e. The number of hydrogen-bond donors (Lipinski definition) is 2. The van der Waals surface area contributed by atoms with E-state index in [2.05, 4.69) is 27.0 Å². The van der Waals surface area contributed by atoms with Crippen LogP contribution < -0.4 is 10.2 Å². The highest BCUT2D eigenvalue weighted by Crippen LogP contribution is 2.17. The van der Waals surface area contributed by atoms with Crippen molar-refractivity contribution in [2.75, 3.05) is 46.9 Å². The summed E-state index contributed by atoms with van der Waals surface area (Å²) < 4.78 is 23.9. The Balaban J connectivity index is 1.73. The molecule has 1 aliphatic rings. The molecule has 2 N–H and O–H groups in total. The third-order valence-corrected chi connectivity index (χ3v) is 6.44. The molecule has 1 heterocycles. The van der Waals surface area contributed by atoms with Crippen molar-refractivity contribution >= 4 is 15.9 Å². The average Bonchev–Trinajstić information content (AvgIpc) is 2.75. The van der Waals surface area contributed by atoms with Crippen molar-refractivity contribution in [3.63, 3.8) is 0 Å². The van der Waals surface area contributed by atoms with Crippen LogP contribution in [-0.4, -0.2) is 71.0 Å². The van der Waals surface area contributed by atoms with Crippen molar-refractivity contribution in [3.05, 3.63) is 65.7 Å². The molecule has 30 heavy (non-hydrogen) atoms. The molecular weight excluding hydrogens is 404 g/mol. The quantitative estimate of drug-likeness (QED) is 0.610. The molecule has 162 valence electrons. The van der Waals surface area contributed by atoms with Crippen LogP contribution in [0.15, 0.2) is 59.5 Å². The van der Waals surface area contributed by atoms with Crippen LogP contribution in [0.5, 0.6) is 0 Å². The maximum absolute atomic E-state index is 12.9. The number of sulfonamides is 1. The summed E-state index contributed by atoms with van der Waals surface area (Å²) >= 11 is 0. The number of nitrogens with one attached hydrogen (secondary N) is 2. The van der Waals surface area contributed by atoms with Gasteiger partial charge in [-0.1, -0.05) is 35.2 Å². The standard InChI is InChI=1S/C21H28N4O4S/c1-24-12-14-25(15-13-24)16-20(17-6-4-3-5-7-17)22-21(26)18-8-10-19(11-9-18)30(27,28)23-29-2/h3-11,20,23H,12-16H2,1-2H3,(H,22,26). The van der Waals surface area contributed by atoms with Gasteiger partial charge in [0.15, 0.2) is 0 Å². The first-order valence-corrected chi connectivity index (χ1v) is 11.3. The van der Waals surface area contributed by atoms with E-state index >= 15 is 0 Å². The fourth-order valence-corrected chi connectivity index (χ4v) is 4.20. The average molecular weight is 433 g/mol. The summed E-state index contributed by atoms with van der Waals surface area (Å²) in [6, 6.07) is 15.5. The lowest BCUT2D eigenvalue weighted by molar-refractivity contribution is 0.0907. The van der Waals surface area contributed by atoms with E-state index in [9.17, 15) is 13.2 Å². The fraction of sp³-hybridized carbons (Fsp3) is 0.381. The van der Waals surface area contributed by atoms with E-state index in [-0.39, 0.29) is 16.8 Å². The number of amides is 1. The van der Waals surface area contributed by atoms with Gasteiger partial charge in [-0.15, -0.1) is 0 Å². The maximum atomic E-state index is 12.9. The summed E-state index contributed by atoms with van der Waals surface area (Å²) in [7, 11) is -0.421. The number of piperazine rings is 1. The van der Waals surface area contributed by atoms with E-state index in [4.69, 9.17) is 0 Å². The molecule has 0 radical (unpaired) electrons. The first-order valence-electron chi connectivity index (χ1n) is 9.80. The van der Waals surface area contributed by atoms with Crippen LogP contribution in [-0.2, 0) is 14.9 Å². The minimum absolute atomic E-state index is 0.0259. The lowest BCUT2D eigenvalue weighted by Gasteiger charge is -2.35. The van der Waals surface area contributed by atoms with Crippen LogP contribution in [0.4, 0.5) is 0 Å². The van der Waals surface area contributed by atoms with Gasteiger partial charge in [0.05, 0.1) is 18.0 Å². The summed E-state index contributed by atoms with van der Waals surface area (Å²) in [5, 5.41) is 3.11. The summed E-state index contributed by atoms with van der Waals surface area (Å²) in [4.78, 5) is 24.0. The lowest BCUT2D eigenvalue weighted by Crippen LogP contribution is -2.47. The smallest absolute Gasteiger partial charge is 0.262 e. The third kappa shape index (κ3) is 5.87. The van der Waals surface area contributed by atoms with Crippen LogP contribution in [0.3, 0.4) is 0 Å². The molecule has 0 aromatic heterocycles. The van der Waals surface area contributed by atoms with Crippen molar-refractivity contribution in [2.45, 2.75) is 10.9 Å². The molecule has 9 heteroatoms. The van der Waals surface area contributed by atoms with Gasteiger partial charge in [0, 0.05) is 38.3 Å².